The van der Waals surface area contributed by atoms with Crippen molar-refractivity contribution in [1.82, 2.24) is 5.32 Å². The lowest BCUT2D eigenvalue weighted by atomic mass is 9.96. The number of rotatable bonds is 4. The van der Waals surface area contributed by atoms with E-state index in [2.05, 4.69) is 26.2 Å². The van der Waals surface area contributed by atoms with E-state index in [0.717, 1.165) is 15.8 Å². The van der Waals surface area contributed by atoms with Crippen LogP contribution in [0.15, 0.2) is 27.7 Å². The van der Waals surface area contributed by atoms with E-state index >= 15 is 0 Å². The van der Waals surface area contributed by atoms with Crippen LogP contribution in [-0.2, 0) is 6.54 Å². The maximum Gasteiger partial charge on any atom is 0.189 e. The molecule has 0 aromatic heterocycles. The minimum absolute atomic E-state index is 0. The number of hydrogen-bond donors (Lipinski definition) is 2. The third-order valence-electron chi connectivity index (χ3n) is 3.62. The van der Waals surface area contributed by atoms with Crippen molar-refractivity contribution in [2.75, 3.05) is 7.11 Å². The molecule has 1 aromatic carbocycles. The normalized spacial score (nSPS) is 16.2. The average Bonchev–Trinajstić information content (AvgIpc) is 2.46. The molecule has 0 spiro atoms. The first-order valence-electron chi connectivity index (χ1n) is 7.08. The molecule has 1 saturated carbocycles. The molecule has 0 heterocycles. The van der Waals surface area contributed by atoms with Crippen molar-refractivity contribution in [3.05, 3.63) is 28.2 Å². The van der Waals surface area contributed by atoms with Crippen LogP contribution >= 0.6 is 39.9 Å². The molecule has 4 nitrogen and oxygen atoms in total. The second-order valence-electron chi connectivity index (χ2n) is 5.14. The van der Waals surface area contributed by atoms with Gasteiger partial charge in [0.15, 0.2) is 5.96 Å². The summed E-state index contributed by atoms with van der Waals surface area (Å²) in [6, 6.07) is 6.38. The number of benzene rings is 1. The highest BCUT2D eigenvalue weighted by Gasteiger charge is 2.13. The van der Waals surface area contributed by atoms with Crippen molar-refractivity contribution in [1.29, 1.82) is 0 Å². The van der Waals surface area contributed by atoms with Gasteiger partial charge in [-0.2, -0.15) is 0 Å². The zero-order valence-electron chi connectivity index (χ0n) is 12.3. The third kappa shape index (κ3) is 6.02. The molecule has 1 aliphatic carbocycles. The summed E-state index contributed by atoms with van der Waals surface area (Å²) in [4.78, 5) is 4.42. The number of hydrogen-bond acceptors (Lipinski definition) is 2. The van der Waals surface area contributed by atoms with E-state index in [1.165, 1.54) is 32.1 Å². The fourth-order valence-electron chi connectivity index (χ4n) is 2.54. The van der Waals surface area contributed by atoms with Gasteiger partial charge < -0.3 is 15.8 Å². The second-order valence-corrected chi connectivity index (χ2v) is 6.05. The van der Waals surface area contributed by atoms with E-state index < -0.39 is 0 Å². The number of nitrogens with zero attached hydrogens (tertiary/aromatic N) is 1. The van der Waals surface area contributed by atoms with Gasteiger partial charge in [0.2, 0.25) is 0 Å². The standard InChI is InChI=1S/C15H22BrN3O.HI/c1-20-14-8-7-12(16)9-11(14)10-18-15(17)19-13-5-3-2-4-6-13;/h7-9,13H,2-6,10H2,1H3,(H3,17,18,19);1H. The molecule has 3 N–H and O–H groups in total. The first-order valence-corrected chi connectivity index (χ1v) is 7.87. The lowest BCUT2D eigenvalue weighted by Crippen LogP contribution is -2.41. The van der Waals surface area contributed by atoms with Crippen molar-refractivity contribution >= 4 is 45.9 Å². The number of ether oxygens (including phenoxy) is 1. The van der Waals surface area contributed by atoms with Crippen molar-refractivity contribution in [3.63, 3.8) is 0 Å². The highest BCUT2D eigenvalue weighted by molar-refractivity contribution is 14.0. The molecule has 0 saturated heterocycles. The molecule has 0 unspecified atom stereocenters. The smallest absolute Gasteiger partial charge is 0.189 e. The predicted molar refractivity (Wildman–Crippen MR) is 101 cm³/mol. The summed E-state index contributed by atoms with van der Waals surface area (Å²) < 4.78 is 6.35. The zero-order valence-corrected chi connectivity index (χ0v) is 16.2. The molecule has 1 fully saturated rings. The minimum atomic E-state index is 0. The Bertz CT molecular complexity index is 476. The molecule has 0 atom stereocenters. The fourth-order valence-corrected chi connectivity index (χ4v) is 2.95. The van der Waals surface area contributed by atoms with E-state index in [-0.39, 0.29) is 24.0 Å². The van der Waals surface area contributed by atoms with Crippen LogP contribution in [0.25, 0.3) is 0 Å². The third-order valence-corrected chi connectivity index (χ3v) is 4.11. The Morgan fingerprint density at radius 1 is 1.38 bits per heavy atom. The molecule has 118 valence electrons. The van der Waals surface area contributed by atoms with Gasteiger partial charge in [-0.1, -0.05) is 35.2 Å². The average molecular weight is 468 g/mol. The summed E-state index contributed by atoms with van der Waals surface area (Å²) in [6.07, 6.45) is 6.28. The number of nitrogens with one attached hydrogen (secondary N) is 1. The molecule has 0 aliphatic heterocycles. The Balaban J connectivity index is 0.00000220. The second kappa shape index (κ2) is 9.50. The van der Waals surface area contributed by atoms with Crippen LogP contribution in [0.2, 0.25) is 0 Å². The summed E-state index contributed by atoms with van der Waals surface area (Å²) in [6.45, 7) is 0.522. The van der Waals surface area contributed by atoms with Gasteiger partial charge in [-0.05, 0) is 31.0 Å². The highest BCUT2D eigenvalue weighted by atomic mass is 127. The van der Waals surface area contributed by atoms with Crippen molar-refractivity contribution in [2.24, 2.45) is 10.7 Å². The Hall–Kier alpha value is -0.500. The largest absolute Gasteiger partial charge is 0.496 e. The monoisotopic (exact) mass is 467 g/mol. The summed E-state index contributed by atoms with van der Waals surface area (Å²) in [5.41, 5.74) is 6.99. The number of nitrogens with two attached hydrogens (primary N) is 1. The molecule has 2 rings (SSSR count). The van der Waals surface area contributed by atoms with Crippen LogP contribution in [-0.4, -0.2) is 19.1 Å². The Morgan fingerprint density at radius 2 is 2.10 bits per heavy atom. The highest BCUT2D eigenvalue weighted by Crippen LogP contribution is 2.23. The van der Waals surface area contributed by atoms with Crippen molar-refractivity contribution in [2.45, 2.75) is 44.7 Å². The number of guanidine groups is 1. The van der Waals surface area contributed by atoms with E-state index in [9.17, 15) is 0 Å². The predicted octanol–water partition coefficient (Wildman–Crippen LogP) is 3.81. The van der Waals surface area contributed by atoms with E-state index in [1.807, 2.05) is 18.2 Å². The maximum absolute atomic E-state index is 5.97. The Kier molecular flexibility index (Phi) is 8.39. The van der Waals surface area contributed by atoms with E-state index in [4.69, 9.17) is 10.5 Å². The topological polar surface area (TPSA) is 59.6 Å². The van der Waals surface area contributed by atoms with Crippen LogP contribution in [0.5, 0.6) is 5.75 Å². The molecule has 0 radical (unpaired) electrons. The van der Waals surface area contributed by atoms with Gasteiger partial charge in [0, 0.05) is 16.1 Å². The minimum Gasteiger partial charge on any atom is -0.496 e. The van der Waals surface area contributed by atoms with Gasteiger partial charge in [0.25, 0.3) is 0 Å². The fraction of sp³-hybridized carbons (Fsp3) is 0.533. The van der Waals surface area contributed by atoms with E-state index in [1.54, 1.807) is 7.11 Å². The first-order chi connectivity index (χ1) is 9.69. The Labute approximate surface area is 152 Å². The molecule has 1 aromatic rings. The van der Waals surface area contributed by atoms with E-state index in [0.29, 0.717) is 18.5 Å². The summed E-state index contributed by atoms with van der Waals surface area (Å²) in [5, 5.41) is 3.32. The summed E-state index contributed by atoms with van der Waals surface area (Å²) in [5.74, 6) is 1.36. The molecule has 1 aliphatic rings. The Morgan fingerprint density at radius 3 is 2.76 bits per heavy atom. The number of methoxy groups -OCH3 is 1. The van der Waals surface area contributed by atoms with Crippen LogP contribution in [0, 0.1) is 0 Å². The maximum atomic E-state index is 5.97. The molecular formula is C15H23BrIN3O. The molecule has 0 bridgehead atoms. The van der Waals surface area contributed by atoms with Gasteiger partial charge in [0.1, 0.15) is 5.75 Å². The molecular weight excluding hydrogens is 445 g/mol. The van der Waals surface area contributed by atoms with Crippen LogP contribution < -0.4 is 15.8 Å². The lowest BCUT2D eigenvalue weighted by molar-refractivity contribution is 0.408. The SMILES string of the molecule is COc1ccc(Br)cc1CN=C(N)NC1CCCCC1.I. The van der Waals surface area contributed by atoms with Gasteiger partial charge in [-0.3, -0.25) is 0 Å². The van der Waals surface area contributed by atoms with Gasteiger partial charge >= 0.3 is 0 Å². The first kappa shape index (κ1) is 18.5. The van der Waals surface area contributed by atoms with Gasteiger partial charge in [-0.15, -0.1) is 24.0 Å². The molecule has 21 heavy (non-hydrogen) atoms. The molecule has 6 heteroatoms. The number of halogens is 2. The summed E-state index contributed by atoms with van der Waals surface area (Å²) in [7, 11) is 1.67. The van der Waals surface area contributed by atoms with Crippen LogP contribution in [0.3, 0.4) is 0 Å². The zero-order chi connectivity index (χ0) is 14.4. The van der Waals surface area contributed by atoms with Crippen molar-refractivity contribution in [3.8, 4) is 5.75 Å². The molecule has 0 amide bonds. The van der Waals surface area contributed by atoms with Gasteiger partial charge in [-0.25, -0.2) is 4.99 Å². The number of aliphatic imine (C=N–C) groups is 1. The van der Waals surface area contributed by atoms with Crippen LogP contribution in [0.4, 0.5) is 0 Å². The lowest BCUT2D eigenvalue weighted by Gasteiger charge is -2.23. The summed E-state index contributed by atoms with van der Waals surface area (Å²) >= 11 is 3.46. The van der Waals surface area contributed by atoms with Crippen molar-refractivity contribution < 1.29 is 4.74 Å². The quantitative estimate of drug-likeness (QED) is 0.402. The van der Waals surface area contributed by atoms with Crippen LogP contribution in [0.1, 0.15) is 37.7 Å². The van der Waals surface area contributed by atoms with Gasteiger partial charge in [0.05, 0.1) is 13.7 Å².